The van der Waals surface area contributed by atoms with E-state index in [9.17, 15) is 4.79 Å². The van der Waals surface area contributed by atoms with Gasteiger partial charge in [-0.1, -0.05) is 51.1 Å². The van der Waals surface area contributed by atoms with E-state index in [1.54, 1.807) is 18.5 Å². The van der Waals surface area contributed by atoms with Crippen molar-refractivity contribution in [2.45, 2.75) is 39.5 Å². The molecule has 3 rings (SSSR count). The first-order chi connectivity index (χ1) is 11.6. The Labute approximate surface area is 141 Å². The predicted molar refractivity (Wildman–Crippen MR) is 93.4 cm³/mol. The Morgan fingerprint density at radius 3 is 2.50 bits per heavy atom. The standard InChI is InChI=1S/C19H22N4O/c1-4-16-17(13-15-9-6-5-7-10-15)23(21-18(16)14(2)3)19(24)22-12-8-11-20-22/h5-12,14H,4,13H2,1-3H3. The molecule has 0 saturated heterocycles. The first kappa shape index (κ1) is 16.2. The van der Waals surface area contributed by atoms with Crippen LogP contribution in [0, 0.1) is 0 Å². The van der Waals surface area contributed by atoms with Crippen LogP contribution in [0.2, 0.25) is 0 Å². The lowest BCUT2D eigenvalue weighted by molar-refractivity contribution is 0.237. The molecule has 1 aromatic carbocycles. The third-order valence-corrected chi connectivity index (χ3v) is 4.12. The van der Waals surface area contributed by atoms with Gasteiger partial charge in [0.05, 0.1) is 11.4 Å². The fraction of sp³-hybridized carbons (Fsp3) is 0.316. The molecule has 0 aliphatic rings. The van der Waals surface area contributed by atoms with Crippen molar-refractivity contribution in [1.82, 2.24) is 19.6 Å². The van der Waals surface area contributed by atoms with Gasteiger partial charge >= 0.3 is 6.03 Å². The average Bonchev–Trinajstić information content (AvgIpc) is 3.23. The lowest BCUT2D eigenvalue weighted by Gasteiger charge is -2.08. The summed E-state index contributed by atoms with van der Waals surface area (Å²) < 4.78 is 2.85. The van der Waals surface area contributed by atoms with E-state index >= 15 is 0 Å². The number of hydrogen-bond acceptors (Lipinski definition) is 3. The van der Waals surface area contributed by atoms with Gasteiger partial charge in [0.25, 0.3) is 0 Å². The smallest absolute Gasteiger partial charge is 0.244 e. The second-order valence-electron chi connectivity index (χ2n) is 6.13. The molecule has 0 unspecified atom stereocenters. The van der Waals surface area contributed by atoms with Crippen molar-refractivity contribution in [3.63, 3.8) is 0 Å². The molecule has 0 atom stereocenters. The molecule has 5 heteroatoms. The summed E-state index contributed by atoms with van der Waals surface area (Å²) in [5.74, 6) is 0.265. The lowest BCUT2D eigenvalue weighted by Crippen LogP contribution is -2.23. The maximum Gasteiger partial charge on any atom is 0.369 e. The number of carbonyl (C=O) groups is 1. The van der Waals surface area contributed by atoms with Crippen molar-refractivity contribution in [3.05, 3.63) is 71.3 Å². The highest BCUT2D eigenvalue weighted by Crippen LogP contribution is 2.25. The van der Waals surface area contributed by atoms with Crippen LogP contribution in [0.15, 0.2) is 48.8 Å². The van der Waals surface area contributed by atoms with Gasteiger partial charge < -0.3 is 0 Å². The van der Waals surface area contributed by atoms with Crippen molar-refractivity contribution >= 4 is 6.03 Å². The summed E-state index contributed by atoms with van der Waals surface area (Å²) in [5, 5.41) is 8.70. The zero-order valence-electron chi connectivity index (χ0n) is 14.3. The molecule has 0 bridgehead atoms. The van der Waals surface area contributed by atoms with Gasteiger partial charge in [-0.25, -0.2) is 4.79 Å². The van der Waals surface area contributed by atoms with Crippen LogP contribution in [0.25, 0.3) is 0 Å². The molecular formula is C19H22N4O. The van der Waals surface area contributed by atoms with Crippen LogP contribution in [0.1, 0.15) is 49.2 Å². The highest BCUT2D eigenvalue weighted by molar-refractivity contribution is 5.78. The van der Waals surface area contributed by atoms with Gasteiger partial charge in [-0.2, -0.15) is 19.6 Å². The largest absolute Gasteiger partial charge is 0.369 e. The number of hydrogen-bond donors (Lipinski definition) is 0. The minimum absolute atomic E-state index is 0.243. The number of benzene rings is 1. The van der Waals surface area contributed by atoms with Gasteiger partial charge in [-0.05, 0) is 29.5 Å². The molecule has 3 aromatic rings. The summed E-state index contributed by atoms with van der Waals surface area (Å²) in [7, 11) is 0. The monoisotopic (exact) mass is 322 g/mol. The third kappa shape index (κ3) is 3.02. The van der Waals surface area contributed by atoms with Crippen LogP contribution < -0.4 is 0 Å². The van der Waals surface area contributed by atoms with E-state index < -0.39 is 0 Å². The Hall–Kier alpha value is -2.69. The first-order valence-electron chi connectivity index (χ1n) is 8.30. The zero-order chi connectivity index (χ0) is 17.1. The average molecular weight is 322 g/mol. The fourth-order valence-corrected chi connectivity index (χ4v) is 2.96. The third-order valence-electron chi connectivity index (χ3n) is 4.12. The molecule has 0 saturated carbocycles. The molecule has 2 aromatic heterocycles. The highest BCUT2D eigenvalue weighted by Gasteiger charge is 2.23. The number of aromatic nitrogens is 4. The van der Waals surface area contributed by atoms with Crippen LogP contribution in [0.5, 0.6) is 0 Å². The van der Waals surface area contributed by atoms with E-state index in [1.165, 1.54) is 9.36 Å². The molecule has 2 heterocycles. The van der Waals surface area contributed by atoms with Crippen LogP contribution in [-0.4, -0.2) is 25.6 Å². The van der Waals surface area contributed by atoms with Crippen LogP contribution >= 0.6 is 0 Å². The fourth-order valence-electron chi connectivity index (χ4n) is 2.96. The van der Waals surface area contributed by atoms with Gasteiger partial charge in [0.15, 0.2) is 0 Å². The quantitative estimate of drug-likeness (QED) is 0.732. The van der Waals surface area contributed by atoms with Crippen molar-refractivity contribution in [2.75, 3.05) is 0 Å². The lowest BCUT2D eigenvalue weighted by atomic mass is 9.98. The Bertz CT molecular complexity index is 817. The van der Waals surface area contributed by atoms with E-state index in [1.807, 2.05) is 18.2 Å². The minimum Gasteiger partial charge on any atom is -0.244 e. The Morgan fingerprint density at radius 2 is 1.92 bits per heavy atom. The molecule has 124 valence electrons. The summed E-state index contributed by atoms with van der Waals surface area (Å²) >= 11 is 0. The van der Waals surface area contributed by atoms with E-state index in [0.717, 1.165) is 28.9 Å². The van der Waals surface area contributed by atoms with E-state index in [2.05, 4.69) is 43.1 Å². The zero-order valence-corrected chi connectivity index (χ0v) is 14.3. The molecule has 24 heavy (non-hydrogen) atoms. The number of carbonyl (C=O) groups excluding carboxylic acids is 1. The number of nitrogens with zero attached hydrogens (tertiary/aromatic N) is 4. The van der Waals surface area contributed by atoms with Crippen LogP contribution in [0.3, 0.4) is 0 Å². The van der Waals surface area contributed by atoms with Gasteiger partial charge in [0.2, 0.25) is 0 Å². The van der Waals surface area contributed by atoms with Crippen molar-refractivity contribution in [2.24, 2.45) is 0 Å². The van der Waals surface area contributed by atoms with Crippen molar-refractivity contribution in [1.29, 1.82) is 0 Å². The van der Waals surface area contributed by atoms with Gasteiger partial charge in [0.1, 0.15) is 0 Å². The summed E-state index contributed by atoms with van der Waals surface area (Å²) in [6, 6.07) is 11.7. The molecular weight excluding hydrogens is 300 g/mol. The molecule has 0 amide bonds. The van der Waals surface area contributed by atoms with E-state index in [4.69, 9.17) is 0 Å². The minimum atomic E-state index is -0.243. The van der Waals surface area contributed by atoms with Gasteiger partial charge in [-0.3, -0.25) is 0 Å². The summed E-state index contributed by atoms with van der Waals surface area (Å²) in [6.45, 7) is 6.33. The van der Waals surface area contributed by atoms with Gasteiger partial charge in [-0.15, -0.1) is 0 Å². The maximum absolute atomic E-state index is 12.8. The molecule has 0 aliphatic heterocycles. The SMILES string of the molecule is CCc1c(C(C)C)nn(C(=O)n2cccn2)c1Cc1ccccc1. The molecule has 0 spiro atoms. The Morgan fingerprint density at radius 1 is 1.17 bits per heavy atom. The van der Waals surface area contributed by atoms with Crippen molar-refractivity contribution < 1.29 is 4.79 Å². The summed E-state index contributed by atoms with van der Waals surface area (Å²) in [5.41, 5.74) is 4.27. The topological polar surface area (TPSA) is 52.7 Å². The normalized spacial score (nSPS) is 11.2. The molecule has 0 aliphatic carbocycles. The summed E-state index contributed by atoms with van der Waals surface area (Å²) in [4.78, 5) is 12.8. The Kier molecular flexibility index (Phi) is 4.60. The van der Waals surface area contributed by atoms with Gasteiger partial charge in [0, 0.05) is 18.8 Å². The second-order valence-corrected chi connectivity index (χ2v) is 6.13. The molecule has 0 radical (unpaired) electrons. The van der Waals surface area contributed by atoms with E-state index in [0.29, 0.717) is 6.42 Å². The Balaban J connectivity index is 2.11. The maximum atomic E-state index is 12.8. The predicted octanol–water partition coefficient (Wildman–Crippen LogP) is 3.87. The molecule has 5 nitrogen and oxygen atoms in total. The van der Waals surface area contributed by atoms with Crippen LogP contribution in [-0.2, 0) is 12.8 Å². The number of rotatable bonds is 4. The molecule has 0 fully saturated rings. The van der Waals surface area contributed by atoms with Crippen LogP contribution in [0.4, 0.5) is 4.79 Å². The second kappa shape index (κ2) is 6.83. The van der Waals surface area contributed by atoms with Crippen molar-refractivity contribution in [3.8, 4) is 0 Å². The first-order valence-corrected chi connectivity index (χ1v) is 8.30. The molecule has 0 N–H and O–H groups in total. The highest BCUT2D eigenvalue weighted by atomic mass is 16.2. The van der Waals surface area contributed by atoms with E-state index in [-0.39, 0.29) is 11.9 Å². The summed E-state index contributed by atoms with van der Waals surface area (Å²) in [6.07, 6.45) is 4.78.